The highest BCUT2D eigenvalue weighted by Gasteiger charge is 2.26. The minimum Gasteiger partial charge on any atom is -0.398 e. The first-order chi connectivity index (χ1) is 7.79. The summed E-state index contributed by atoms with van der Waals surface area (Å²) in [7, 11) is 0. The Morgan fingerprint density at radius 1 is 1.41 bits per heavy atom. The van der Waals surface area contributed by atoms with Crippen molar-refractivity contribution >= 4 is 23.2 Å². The van der Waals surface area contributed by atoms with E-state index in [-0.39, 0.29) is 11.3 Å². The predicted octanol–water partition coefficient (Wildman–Crippen LogP) is 2.60. The summed E-state index contributed by atoms with van der Waals surface area (Å²) in [6, 6.07) is 4.16. The molecule has 1 amide bonds. The number of amides is 1. The summed E-state index contributed by atoms with van der Waals surface area (Å²) in [5, 5.41) is 2.49. The number of nitrogens with one attached hydrogen (secondary N) is 1. The van der Waals surface area contributed by atoms with E-state index in [2.05, 4.69) is 5.32 Å². The van der Waals surface area contributed by atoms with Crippen LogP contribution in [-0.4, -0.2) is 18.6 Å². The van der Waals surface area contributed by atoms with Gasteiger partial charge in [0, 0.05) is 17.3 Å². The summed E-state index contributed by atoms with van der Waals surface area (Å²) < 4.78 is 35.5. The van der Waals surface area contributed by atoms with Gasteiger partial charge in [-0.1, -0.05) is 11.6 Å². The van der Waals surface area contributed by atoms with E-state index in [4.69, 9.17) is 17.3 Å². The van der Waals surface area contributed by atoms with Crippen LogP contribution in [0.25, 0.3) is 0 Å². The van der Waals surface area contributed by atoms with Crippen LogP contribution in [0.5, 0.6) is 0 Å². The lowest BCUT2D eigenvalue weighted by molar-refractivity contribution is -0.132. The van der Waals surface area contributed by atoms with Gasteiger partial charge >= 0.3 is 6.18 Å². The smallest absolute Gasteiger partial charge is 0.390 e. The molecule has 17 heavy (non-hydrogen) atoms. The number of nitrogens with two attached hydrogens (primary N) is 1. The Bertz CT molecular complexity index is 421. The van der Waals surface area contributed by atoms with Gasteiger partial charge in [0.05, 0.1) is 12.0 Å². The summed E-state index contributed by atoms with van der Waals surface area (Å²) in [5.41, 5.74) is 5.75. The van der Waals surface area contributed by atoms with E-state index in [1.165, 1.54) is 18.2 Å². The summed E-state index contributed by atoms with van der Waals surface area (Å²) in [6.07, 6.45) is -5.37. The molecule has 0 aliphatic rings. The first kappa shape index (κ1) is 13.6. The number of halogens is 4. The molecule has 3 nitrogen and oxygen atoms in total. The highest BCUT2D eigenvalue weighted by molar-refractivity contribution is 6.31. The Hall–Kier alpha value is -1.43. The zero-order valence-corrected chi connectivity index (χ0v) is 9.40. The molecule has 0 aromatic heterocycles. The Labute approximate surface area is 101 Å². The predicted molar refractivity (Wildman–Crippen MR) is 58.9 cm³/mol. The molecule has 0 heterocycles. The van der Waals surface area contributed by atoms with Crippen LogP contribution in [0, 0.1) is 0 Å². The molecule has 0 aliphatic heterocycles. The first-order valence-corrected chi connectivity index (χ1v) is 5.07. The molecule has 0 radical (unpaired) electrons. The monoisotopic (exact) mass is 266 g/mol. The number of hydrogen-bond acceptors (Lipinski definition) is 2. The molecule has 0 unspecified atom stereocenters. The highest BCUT2D eigenvalue weighted by atomic mass is 35.5. The number of carbonyl (C=O) groups excluding carboxylic acids is 1. The van der Waals surface area contributed by atoms with Crippen molar-refractivity contribution < 1.29 is 18.0 Å². The summed E-state index contributed by atoms with van der Waals surface area (Å²) in [6.45, 7) is -0.482. The number of hydrogen-bond donors (Lipinski definition) is 2. The Morgan fingerprint density at radius 2 is 2.06 bits per heavy atom. The van der Waals surface area contributed by atoms with Crippen LogP contribution in [0.15, 0.2) is 18.2 Å². The second-order valence-corrected chi connectivity index (χ2v) is 3.79. The van der Waals surface area contributed by atoms with Crippen LogP contribution >= 0.6 is 11.6 Å². The third-order valence-electron chi connectivity index (χ3n) is 1.95. The summed E-state index contributed by atoms with van der Waals surface area (Å²) in [4.78, 5) is 11.5. The Balaban J connectivity index is 2.59. The molecule has 94 valence electrons. The number of alkyl halides is 3. The maximum absolute atomic E-state index is 11.8. The summed E-state index contributed by atoms with van der Waals surface area (Å²) in [5.74, 6) is -0.650. The van der Waals surface area contributed by atoms with Crippen LogP contribution in [0.3, 0.4) is 0 Å². The van der Waals surface area contributed by atoms with Gasteiger partial charge in [0.15, 0.2) is 0 Å². The third kappa shape index (κ3) is 4.52. The maximum atomic E-state index is 11.8. The molecule has 1 rings (SSSR count). The molecule has 0 aliphatic carbocycles. The molecule has 0 fully saturated rings. The van der Waals surface area contributed by atoms with Crippen molar-refractivity contribution in [3.05, 3.63) is 28.8 Å². The molecular formula is C10H10ClF3N2O. The lowest BCUT2D eigenvalue weighted by Gasteiger charge is -2.09. The fraction of sp³-hybridized carbons (Fsp3) is 0.300. The molecule has 0 spiro atoms. The standard InChI is InChI=1S/C10H10ClF3N2O/c11-6-1-2-7(8(15)5-6)9(17)16-4-3-10(12,13)14/h1-2,5H,3-4,15H2,(H,16,17). The maximum Gasteiger partial charge on any atom is 0.390 e. The third-order valence-corrected chi connectivity index (χ3v) is 2.19. The van der Waals surface area contributed by atoms with Gasteiger partial charge in [0.1, 0.15) is 0 Å². The quantitative estimate of drug-likeness (QED) is 0.826. The summed E-state index contributed by atoms with van der Waals surface area (Å²) >= 11 is 5.63. The molecule has 1 aromatic rings. The van der Waals surface area contributed by atoms with Gasteiger partial charge in [-0.15, -0.1) is 0 Å². The average Bonchev–Trinajstić information content (AvgIpc) is 2.15. The van der Waals surface area contributed by atoms with Gasteiger partial charge in [-0.3, -0.25) is 4.79 Å². The van der Waals surface area contributed by atoms with Crippen molar-refractivity contribution in [1.29, 1.82) is 0 Å². The van der Waals surface area contributed by atoms with Crippen LogP contribution < -0.4 is 11.1 Å². The van der Waals surface area contributed by atoms with Gasteiger partial charge in [0.25, 0.3) is 5.91 Å². The second kappa shape index (κ2) is 5.27. The molecule has 1 aromatic carbocycles. The lowest BCUT2D eigenvalue weighted by Crippen LogP contribution is -2.28. The van der Waals surface area contributed by atoms with Crippen LogP contribution in [-0.2, 0) is 0 Å². The SMILES string of the molecule is Nc1cc(Cl)ccc1C(=O)NCCC(F)(F)F. The van der Waals surface area contributed by atoms with Crippen molar-refractivity contribution in [3.63, 3.8) is 0 Å². The molecule has 0 saturated heterocycles. The number of nitrogen functional groups attached to an aromatic ring is 1. The van der Waals surface area contributed by atoms with Gasteiger partial charge in [-0.2, -0.15) is 13.2 Å². The number of carbonyl (C=O) groups is 1. The number of rotatable bonds is 3. The number of anilines is 1. The van der Waals surface area contributed by atoms with E-state index in [1.807, 2.05) is 0 Å². The van der Waals surface area contributed by atoms with Crippen molar-refractivity contribution in [2.24, 2.45) is 0 Å². The molecule has 0 bridgehead atoms. The van der Waals surface area contributed by atoms with Crippen LogP contribution in [0.4, 0.5) is 18.9 Å². The van der Waals surface area contributed by atoms with Gasteiger partial charge < -0.3 is 11.1 Å². The van der Waals surface area contributed by atoms with Crippen LogP contribution in [0.1, 0.15) is 16.8 Å². The molecule has 0 saturated carbocycles. The van der Waals surface area contributed by atoms with E-state index in [0.29, 0.717) is 5.02 Å². The van der Waals surface area contributed by atoms with E-state index in [1.54, 1.807) is 0 Å². The van der Waals surface area contributed by atoms with E-state index in [0.717, 1.165) is 0 Å². The molecule has 7 heteroatoms. The molecule has 3 N–H and O–H groups in total. The van der Waals surface area contributed by atoms with E-state index >= 15 is 0 Å². The van der Waals surface area contributed by atoms with Crippen molar-refractivity contribution in [3.8, 4) is 0 Å². The first-order valence-electron chi connectivity index (χ1n) is 4.69. The normalized spacial score (nSPS) is 11.3. The minimum atomic E-state index is -4.29. The van der Waals surface area contributed by atoms with Crippen LogP contribution in [0.2, 0.25) is 5.02 Å². The number of benzene rings is 1. The highest BCUT2D eigenvalue weighted by Crippen LogP contribution is 2.19. The van der Waals surface area contributed by atoms with Crippen molar-refractivity contribution in [2.75, 3.05) is 12.3 Å². The zero-order valence-electron chi connectivity index (χ0n) is 8.64. The van der Waals surface area contributed by atoms with Gasteiger partial charge in [-0.05, 0) is 18.2 Å². The van der Waals surface area contributed by atoms with Crippen molar-refractivity contribution in [2.45, 2.75) is 12.6 Å². The second-order valence-electron chi connectivity index (χ2n) is 3.35. The molecular weight excluding hydrogens is 257 g/mol. The largest absolute Gasteiger partial charge is 0.398 e. The lowest BCUT2D eigenvalue weighted by atomic mass is 10.1. The fourth-order valence-electron chi connectivity index (χ4n) is 1.15. The van der Waals surface area contributed by atoms with Crippen molar-refractivity contribution in [1.82, 2.24) is 5.32 Å². The topological polar surface area (TPSA) is 55.1 Å². The average molecular weight is 267 g/mol. The minimum absolute atomic E-state index is 0.108. The Morgan fingerprint density at radius 3 is 2.59 bits per heavy atom. The zero-order chi connectivity index (χ0) is 13.1. The molecule has 0 atom stereocenters. The Kier molecular flexibility index (Phi) is 4.22. The van der Waals surface area contributed by atoms with Gasteiger partial charge in [0.2, 0.25) is 0 Å². The van der Waals surface area contributed by atoms with E-state index in [9.17, 15) is 18.0 Å². The fourth-order valence-corrected chi connectivity index (χ4v) is 1.33. The van der Waals surface area contributed by atoms with E-state index < -0.39 is 25.0 Å². The van der Waals surface area contributed by atoms with Gasteiger partial charge in [-0.25, -0.2) is 0 Å².